The second-order valence-electron chi connectivity index (χ2n) is 7.76. The van der Waals surface area contributed by atoms with Gasteiger partial charge in [-0.15, -0.1) is 0 Å². The number of hydrogen-bond acceptors (Lipinski definition) is 8. The minimum atomic E-state index is -0.674. The third kappa shape index (κ3) is 7.50. The first-order valence-corrected chi connectivity index (χ1v) is 11.7. The summed E-state index contributed by atoms with van der Waals surface area (Å²) in [5.41, 5.74) is 1.34. The van der Waals surface area contributed by atoms with Crippen molar-refractivity contribution in [3.63, 3.8) is 0 Å². The van der Waals surface area contributed by atoms with E-state index >= 15 is 0 Å². The van der Waals surface area contributed by atoms with E-state index in [1.54, 1.807) is 24.3 Å². The van der Waals surface area contributed by atoms with E-state index in [2.05, 4.69) is 15.4 Å². The van der Waals surface area contributed by atoms with Gasteiger partial charge in [-0.2, -0.15) is 5.26 Å². The minimum Gasteiger partial charge on any atom is -0.495 e. The van der Waals surface area contributed by atoms with Crippen LogP contribution in [0.4, 0.5) is 11.4 Å². The van der Waals surface area contributed by atoms with Crippen molar-refractivity contribution in [1.82, 2.24) is 0 Å². The molecule has 0 saturated carbocycles. The summed E-state index contributed by atoms with van der Waals surface area (Å²) in [6.07, 6.45) is 1.32. The van der Waals surface area contributed by atoms with Gasteiger partial charge < -0.3 is 29.6 Å². The van der Waals surface area contributed by atoms with E-state index < -0.39 is 17.8 Å². The van der Waals surface area contributed by atoms with Crippen LogP contribution in [0.25, 0.3) is 6.08 Å². The zero-order valence-electron chi connectivity index (χ0n) is 21.2. The molecular weight excluding hydrogens is 526 g/mol. The lowest BCUT2D eigenvalue weighted by atomic mass is 10.1. The lowest BCUT2D eigenvalue weighted by Gasteiger charge is -2.14. The number of nitriles is 1. The Morgan fingerprint density at radius 1 is 0.949 bits per heavy atom. The van der Waals surface area contributed by atoms with Gasteiger partial charge in [0.15, 0.2) is 18.1 Å². The average molecular weight is 550 g/mol. The van der Waals surface area contributed by atoms with Crippen LogP contribution in [0.15, 0.2) is 66.2 Å². The Morgan fingerprint density at radius 3 is 2.28 bits per heavy atom. The van der Waals surface area contributed by atoms with Crippen molar-refractivity contribution in [2.45, 2.75) is 0 Å². The molecule has 0 aliphatic rings. The molecular formula is C28H24ClN3O7. The molecule has 0 spiro atoms. The van der Waals surface area contributed by atoms with Gasteiger partial charge in [-0.3, -0.25) is 9.59 Å². The molecule has 39 heavy (non-hydrogen) atoms. The van der Waals surface area contributed by atoms with Gasteiger partial charge in [-0.05, 0) is 60.2 Å². The van der Waals surface area contributed by atoms with E-state index in [-0.39, 0.29) is 28.7 Å². The lowest BCUT2D eigenvalue weighted by molar-refractivity contribution is -0.118. The standard InChI is InChI=1S/C28H24ClN3O7/c1-36-23-7-5-4-6-22(23)32-25(33)16-39-26-21(29)13-17(14-24(26)37-2)12-19(15-30)27(34)31-20-10-8-18(9-11-20)28(35)38-3/h4-14H,16H2,1-3H3,(H,31,34)(H,32,33)/b19-12-. The highest BCUT2D eigenvalue weighted by Gasteiger charge is 2.16. The third-order valence-electron chi connectivity index (χ3n) is 5.22. The topological polar surface area (TPSA) is 136 Å². The van der Waals surface area contributed by atoms with Crippen molar-refractivity contribution < 1.29 is 33.3 Å². The number of hydrogen-bond donors (Lipinski definition) is 2. The number of rotatable bonds is 10. The number of benzene rings is 3. The van der Waals surface area contributed by atoms with Crippen molar-refractivity contribution in [2.24, 2.45) is 0 Å². The smallest absolute Gasteiger partial charge is 0.337 e. The Bertz CT molecular complexity index is 1450. The van der Waals surface area contributed by atoms with Crippen molar-refractivity contribution in [3.8, 4) is 23.3 Å². The number of anilines is 2. The number of nitrogens with one attached hydrogen (secondary N) is 2. The highest BCUT2D eigenvalue weighted by atomic mass is 35.5. The number of amides is 2. The second-order valence-corrected chi connectivity index (χ2v) is 8.17. The number of nitrogens with zero attached hydrogens (tertiary/aromatic N) is 1. The van der Waals surface area contributed by atoms with Crippen LogP contribution in [0.1, 0.15) is 15.9 Å². The van der Waals surface area contributed by atoms with Crippen LogP contribution in [0, 0.1) is 11.3 Å². The van der Waals surface area contributed by atoms with Crippen LogP contribution in [-0.4, -0.2) is 45.7 Å². The maximum absolute atomic E-state index is 12.7. The number of ether oxygens (including phenoxy) is 4. The maximum Gasteiger partial charge on any atom is 0.337 e. The van der Waals surface area contributed by atoms with Gasteiger partial charge in [0.2, 0.25) is 0 Å². The van der Waals surface area contributed by atoms with Crippen molar-refractivity contribution in [1.29, 1.82) is 5.26 Å². The van der Waals surface area contributed by atoms with Crippen LogP contribution in [0.3, 0.4) is 0 Å². The summed E-state index contributed by atoms with van der Waals surface area (Å²) in [6, 6.07) is 17.7. The molecule has 0 aromatic heterocycles. The molecule has 0 heterocycles. The number of halogens is 1. The molecule has 3 aromatic rings. The molecule has 0 saturated heterocycles. The number of methoxy groups -OCH3 is 3. The summed E-state index contributed by atoms with van der Waals surface area (Å²) >= 11 is 6.39. The van der Waals surface area contributed by atoms with Crippen molar-refractivity contribution >= 4 is 46.8 Å². The van der Waals surface area contributed by atoms with Gasteiger partial charge in [-0.1, -0.05) is 23.7 Å². The van der Waals surface area contributed by atoms with Gasteiger partial charge in [0.25, 0.3) is 11.8 Å². The van der Waals surface area contributed by atoms with Gasteiger partial charge >= 0.3 is 5.97 Å². The Labute approximate surface area is 229 Å². The lowest BCUT2D eigenvalue weighted by Crippen LogP contribution is -2.20. The SMILES string of the molecule is COC(=O)c1ccc(NC(=O)/C(C#N)=C\c2cc(Cl)c(OCC(=O)Nc3ccccc3OC)c(OC)c2)cc1. The molecule has 11 heteroatoms. The van der Waals surface area contributed by atoms with Crippen LogP contribution in [0.2, 0.25) is 5.02 Å². The fourth-order valence-corrected chi connectivity index (χ4v) is 3.63. The Balaban J connectivity index is 1.72. The summed E-state index contributed by atoms with van der Waals surface area (Å²) in [5, 5.41) is 14.9. The molecule has 200 valence electrons. The Morgan fingerprint density at radius 2 is 1.64 bits per heavy atom. The maximum atomic E-state index is 12.7. The van der Waals surface area contributed by atoms with Crippen LogP contribution in [0.5, 0.6) is 17.2 Å². The summed E-state index contributed by atoms with van der Waals surface area (Å²) < 4.78 is 20.8. The van der Waals surface area contributed by atoms with Crippen molar-refractivity contribution in [3.05, 3.63) is 82.4 Å². The van der Waals surface area contributed by atoms with Gasteiger partial charge in [-0.25, -0.2) is 4.79 Å². The number of carbonyl (C=O) groups is 3. The fraction of sp³-hybridized carbons (Fsp3) is 0.143. The predicted molar refractivity (Wildman–Crippen MR) is 145 cm³/mol. The third-order valence-corrected chi connectivity index (χ3v) is 5.50. The normalized spacial score (nSPS) is 10.6. The van der Waals surface area contributed by atoms with E-state index in [4.69, 9.17) is 25.8 Å². The van der Waals surface area contributed by atoms with E-state index in [1.165, 1.54) is 63.8 Å². The number of esters is 1. The average Bonchev–Trinajstić information content (AvgIpc) is 2.95. The summed E-state index contributed by atoms with van der Waals surface area (Å²) in [6.45, 7) is -0.371. The molecule has 0 bridgehead atoms. The molecule has 3 aromatic carbocycles. The molecule has 0 atom stereocenters. The van der Waals surface area contributed by atoms with E-state index in [0.29, 0.717) is 28.3 Å². The largest absolute Gasteiger partial charge is 0.495 e. The first-order valence-electron chi connectivity index (χ1n) is 11.3. The molecule has 2 N–H and O–H groups in total. The summed E-state index contributed by atoms with van der Waals surface area (Å²) in [5.74, 6) is -0.847. The summed E-state index contributed by atoms with van der Waals surface area (Å²) in [7, 11) is 4.15. The van der Waals surface area contributed by atoms with Gasteiger partial charge in [0.1, 0.15) is 17.4 Å². The van der Waals surface area contributed by atoms with Crippen LogP contribution >= 0.6 is 11.6 Å². The molecule has 0 fully saturated rings. The molecule has 0 aliphatic carbocycles. The zero-order chi connectivity index (χ0) is 28.4. The van der Waals surface area contributed by atoms with Crippen molar-refractivity contribution in [2.75, 3.05) is 38.6 Å². The first kappa shape index (κ1) is 28.6. The molecule has 0 radical (unpaired) electrons. The molecule has 0 unspecified atom stereocenters. The van der Waals surface area contributed by atoms with E-state index in [9.17, 15) is 19.6 Å². The highest BCUT2D eigenvalue weighted by Crippen LogP contribution is 2.37. The molecule has 10 nitrogen and oxygen atoms in total. The Kier molecular flexibility index (Phi) is 9.89. The van der Waals surface area contributed by atoms with Crippen LogP contribution in [-0.2, 0) is 14.3 Å². The van der Waals surface area contributed by atoms with Gasteiger partial charge in [0, 0.05) is 5.69 Å². The van der Waals surface area contributed by atoms with E-state index in [0.717, 1.165) is 0 Å². The minimum absolute atomic E-state index is 0.0989. The predicted octanol–water partition coefficient (Wildman–Crippen LogP) is 4.71. The number of para-hydroxylation sites is 2. The molecule has 2 amide bonds. The fourth-order valence-electron chi connectivity index (χ4n) is 3.36. The molecule has 0 aliphatic heterocycles. The van der Waals surface area contributed by atoms with E-state index in [1.807, 2.05) is 6.07 Å². The molecule has 3 rings (SSSR count). The second kappa shape index (κ2) is 13.5. The monoisotopic (exact) mass is 549 g/mol. The van der Waals surface area contributed by atoms with Crippen LogP contribution < -0.4 is 24.8 Å². The zero-order valence-corrected chi connectivity index (χ0v) is 22.0. The quantitative estimate of drug-likeness (QED) is 0.211. The highest BCUT2D eigenvalue weighted by molar-refractivity contribution is 6.32. The Hall–Kier alpha value is -5.01. The summed E-state index contributed by atoms with van der Waals surface area (Å²) in [4.78, 5) is 36.7. The van der Waals surface area contributed by atoms with Gasteiger partial charge in [0.05, 0.1) is 37.6 Å². The number of carbonyl (C=O) groups excluding carboxylic acids is 3. The first-order chi connectivity index (χ1) is 18.8.